The first-order valence-electron chi connectivity index (χ1n) is 7.78. The lowest BCUT2D eigenvalue weighted by Gasteiger charge is -2.08. The Morgan fingerprint density at radius 3 is 2.64 bits per heavy atom. The molecule has 1 amide bonds. The zero-order chi connectivity index (χ0) is 17.6. The van der Waals surface area contributed by atoms with Gasteiger partial charge in [-0.05, 0) is 48.4 Å². The van der Waals surface area contributed by atoms with Crippen LogP contribution in [0, 0.1) is 6.92 Å². The molecule has 0 unspecified atom stereocenters. The smallest absolute Gasteiger partial charge is 0.274 e. The lowest BCUT2D eigenvalue weighted by Crippen LogP contribution is -2.13. The number of nitrogens with zero attached hydrogens (tertiary/aromatic N) is 2. The predicted octanol–water partition coefficient (Wildman–Crippen LogP) is 4.41. The summed E-state index contributed by atoms with van der Waals surface area (Å²) in [5, 5.41) is 6.09. The molecule has 0 bridgehead atoms. The maximum atomic E-state index is 12.3. The number of carbonyl (C=O) groups is 1. The number of aromatic nitrogens is 2. The van der Waals surface area contributed by atoms with Crippen LogP contribution in [0.25, 0.3) is 0 Å². The summed E-state index contributed by atoms with van der Waals surface area (Å²) in [7, 11) is 0. The highest BCUT2D eigenvalue weighted by Gasteiger charge is 2.08. The summed E-state index contributed by atoms with van der Waals surface area (Å²) >= 11 is 3.46. The standard InChI is InChI=1S/C19H17BrN4O/c1-13-4-5-15(9-17(13)20)24-19(25)18-7-6-16(12-23-18)22-11-14-3-2-8-21-10-14/h2-10,12,22H,11H2,1H3,(H,24,25). The highest BCUT2D eigenvalue weighted by Crippen LogP contribution is 2.21. The van der Waals surface area contributed by atoms with Gasteiger partial charge in [-0.15, -0.1) is 0 Å². The van der Waals surface area contributed by atoms with Crippen molar-refractivity contribution >= 4 is 33.2 Å². The molecule has 0 aliphatic heterocycles. The van der Waals surface area contributed by atoms with Crippen molar-refractivity contribution in [3.8, 4) is 0 Å². The van der Waals surface area contributed by atoms with E-state index in [2.05, 4.69) is 36.5 Å². The van der Waals surface area contributed by atoms with E-state index < -0.39 is 0 Å². The first-order chi connectivity index (χ1) is 12.1. The van der Waals surface area contributed by atoms with E-state index in [1.165, 1.54) is 0 Å². The molecule has 3 aromatic rings. The van der Waals surface area contributed by atoms with Crippen molar-refractivity contribution in [1.82, 2.24) is 9.97 Å². The first-order valence-corrected chi connectivity index (χ1v) is 8.57. The highest BCUT2D eigenvalue weighted by atomic mass is 79.9. The molecule has 6 heteroatoms. The van der Waals surface area contributed by atoms with Crippen LogP contribution < -0.4 is 10.6 Å². The minimum Gasteiger partial charge on any atom is -0.380 e. The molecular formula is C19H17BrN4O. The van der Waals surface area contributed by atoms with Crippen LogP contribution in [0.4, 0.5) is 11.4 Å². The van der Waals surface area contributed by atoms with Crippen LogP contribution in [-0.4, -0.2) is 15.9 Å². The van der Waals surface area contributed by atoms with Gasteiger partial charge in [-0.1, -0.05) is 28.1 Å². The number of anilines is 2. The first kappa shape index (κ1) is 17.1. The van der Waals surface area contributed by atoms with Crippen LogP contribution in [-0.2, 0) is 6.54 Å². The van der Waals surface area contributed by atoms with Gasteiger partial charge >= 0.3 is 0 Å². The van der Waals surface area contributed by atoms with Gasteiger partial charge in [0.2, 0.25) is 0 Å². The van der Waals surface area contributed by atoms with Gasteiger partial charge in [-0.3, -0.25) is 9.78 Å². The van der Waals surface area contributed by atoms with E-state index in [0.29, 0.717) is 12.2 Å². The molecule has 126 valence electrons. The van der Waals surface area contributed by atoms with E-state index in [4.69, 9.17) is 0 Å². The molecule has 2 aromatic heterocycles. The van der Waals surface area contributed by atoms with Gasteiger partial charge in [-0.25, -0.2) is 4.98 Å². The second-order valence-electron chi connectivity index (χ2n) is 5.57. The van der Waals surface area contributed by atoms with Crippen molar-refractivity contribution in [2.45, 2.75) is 13.5 Å². The van der Waals surface area contributed by atoms with Crippen LogP contribution >= 0.6 is 15.9 Å². The van der Waals surface area contributed by atoms with Crippen molar-refractivity contribution < 1.29 is 4.79 Å². The van der Waals surface area contributed by atoms with Gasteiger partial charge in [-0.2, -0.15) is 0 Å². The maximum absolute atomic E-state index is 12.3. The molecule has 0 aliphatic rings. The van der Waals surface area contributed by atoms with Crippen molar-refractivity contribution in [3.05, 3.63) is 82.3 Å². The second-order valence-corrected chi connectivity index (χ2v) is 6.42. The van der Waals surface area contributed by atoms with Crippen LogP contribution in [0.15, 0.2) is 65.5 Å². The predicted molar refractivity (Wildman–Crippen MR) is 103 cm³/mol. The summed E-state index contributed by atoms with van der Waals surface area (Å²) in [6.45, 7) is 2.65. The summed E-state index contributed by atoms with van der Waals surface area (Å²) in [5.41, 5.74) is 4.12. The number of hydrogen-bond donors (Lipinski definition) is 2. The van der Waals surface area contributed by atoms with Crippen molar-refractivity contribution in [2.24, 2.45) is 0 Å². The van der Waals surface area contributed by atoms with Crippen LogP contribution in [0.3, 0.4) is 0 Å². The Labute approximate surface area is 154 Å². The molecule has 5 nitrogen and oxygen atoms in total. The van der Waals surface area contributed by atoms with Gasteiger partial charge in [0, 0.05) is 29.1 Å². The van der Waals surface area contributed by atoms with E-state index in [9.17, 15) is 4.79 Å². The van der Waals surface area contributed by atoms with Crippen LogP contribution in [0.2, 0.25) is 0 Å². The highest BCUT2D eigenvalue weighted by molar-refractivity contribution is 9.10. The molecule has 3 rings (SSSR count). The van der Waals surface area contributed by atoms with E-state index in [-0.39, 0.29) is 5.91 Å². The Morgan fingerprint density at radius 2 is 1.96 bits per heavy atom. The molecule has 1 aromatic carbocycles. The number of rotatable bonds is 5. The van der Waals surface area contributed by atoms with Gasteiger partial charge in [0.25, 0.3) is 5.91 Å². The number of hydrogen-bond acceptors (Lipinski definition) is 4. The monoisotopic (exact) mass is 396 g/mol. The van der Waals surface area contributed by atoms with Crippen molar-refractivity contribution in [2.75, 3.05) is 10.6 Å². The quantitative estimate of drug-likeness (QED) is 0.669. The number of nitrogens with one attached hydrogen (secondary N) is 2. The van der Waals surface area contributed by atoms with Gasteiger partial charge in [0.15, 0.2) is 0 Å². The molecule has 0 radical (unpaired) electrons. The van der Waals surface area contributed by atoms with Crippen LogP contribution in [0.5, 0.6) is 0 Å². The number of amides is 1. The third-order valence-electron chi connectivity index (χ3n) is 3.65. The maximum Gasteiger partial charge on any atom is 0.274 e. The van der Waals surface area contributed by atoms with Gasteiger partial charge in [0.05, 0.1) is 11.9 Å². The molecule has 25 heavy (non-hydrogen) atoms. The summed E-state index contributed by atoms with van der Waals surface area (Å²) in [6, 6.07) is 13.1. The van der Waals surface area contributed by atoms with Gasteiger partial charge < -0.3 is 10.6 Å². The summed E-state index contributed by atoms with van der Waals surface area (Å²) < 4.78 is 0.952. The lowest BCUT2D eigenvalue weighted by molar-refractivity contribution is 0.102. The Bertz CT molecular complexity index is 866. The molecule has 0 atom stereocenters. The minimum atomic E-state index is -0.241. The number of halogens is 1. The molecule has 2 N–H and O–H groups in total. The average Bonchev–Trinajstić information content (AvgIpc) is 2.64. The fourth-order valence-electron chi connectivity index (χ4n) is 2.21. The molecule has 0 saturated heterocycles. The molecule has 2 heterocycles. The summed E-state index contributed by atoms with van der Waals surface area (Å²) in [4.78, 5) is 20.6. The Hall–Kier alpha value is -2.73. The fraction of sp³-hybridized carbons (Fsp3) is 0.105. The van der Waals surface area contributed by atoms with E-state index in [0.717, 1.165) is 27.0 Å². The largest absolute Gasteiger partial charge is 0.380 e. The zero-order valence-corrected chi connectivity index (χ0v) is 15.2. The minimum absolute atomic E-state index is 0.241. The van der Waals surface area contributed by atoms with E-state index in [1.54, 1.807) is 18.5 Å². The molecule has 0 aliphatic carbocycles. The normalized spacial score (nSPS) is 10.3. The molecule has 0 spiro atoms. The van der Waals surface area contributed by atoms with E-state index in [1.807, 2.05) is 49.5 Å². The SMILES string of the molecule is Cc1ccc(NC(=O)c2ccc(NCc3cccnc3)cn2)cc1Br. The summed E-state index contributed by atoms with van der Waals surface area (Å²) in [5.74, 6) is -0.241. The number of carbonyl (C=O) groups excluding carboxylic acids is 1. The average molecular weight is 397 g/mol. The molecule has 0 saturated carbocycles. The lowest BCUT2D eigenvalue weighted by atomic mass is 10.2. The molecule has 0 fully saturated rings. The summed E-state index contributed by atoms with van der Waals surface area (Å²) in [6.07, 6.45) is 5.20. The number of pyridine rings is 2. The van der Waals surface area contributed by atoms with Crippen molar-refractivity contribution in [3.63, 3.8) is 0 Å². The third-order valence-corrected chi connectivity index (χ3v) is 4.50. The Morgan fingerprint density at radius 1 is 1.12 bits per heavy atom. The van der Waals surface area contributed by atoms with Gasteiger partial charge in [0.1, 0.15) is 5.69 Å². The number of aryl methyl sites for hydroxylation is 1. The zero-order valence-electron chi connectivity index (χ0n) is 13.7. The van der Waals surface area contributed by atoms with Crippen molar-refractivity contribution in [1.29, 1.82) is 0 Å². The third kappa shape index (κ3) is 4.64. The second kappa shape index (κ2) is 7.90. The van der Waals surface area contributed by atoms with E-state index >= 15 is 0 Å². The number of benzene rings is 1. The Kier molecular flexibility index (Phi) is 5.40. The fourth-order valence-corrected chi connectivity index (χ4v) is 2.58. The Balaban J connectivity index is 1.61. The van der Waals surface area contributed by atoms with Crippen LogP contribution in [0.1, 0.15) is 21.6 Å². The topological polar surface area (TPSA) is 66.9 Å². The molecular weight excluding hydrogens is 380 g/mol.